The topological polar surface area (TPSA) is 61.1 Å². The molecule has 1 rings (SSSR count). The molecule has 1 N–H and O–H groups in total. The minimum atomic E-state index is -0.999. The van der Waals surface area contributed by atoms with Crippen molar-refractivity contribution >= 4 is 5.97 Å². The summed E-state index contributed by atoms with van der Waals surface area (Å²) in [4.78, 5) is 10.4. The fourth-order valence-electron chi connectivity index (χ4n) is 1.05. The number of hydrogen-bond acceptors (Lipinski definition) is 2. The van der Waals surface area contributed by atoms with E-state index in [-0.39, 0.29) is 12.0 Å². The van der Waals surface area contributed by atoms with Crippen LogP contribution in [0.4, 0.5) is 4.39 Å². The van der Waals surface area contributed by atoms with Crippen LogP contribution in [0.3, 0.4) is 0 Å². The normalized spacial score (nSPS) is 8.53. The number of halogens is 1. The number of benzene rings is 1. The van der Waals surface area contributed by atoms with E-state index in [0.717, 1.165) is 6.07 Å². The van der Waals surface area contributed by atoms with Gasteiger partial charge in [0, 0.05) is 5.92 Å². The maximum Gasteiger partial charge on any atom is 0.307 e. The van der Waals surface area contributed by atoms with Gasteiger partial charge in [-0.05, 0) is 23.6 Å². The predicted molar refractivity (Wildman–Crippen MR) is 50.2 cm³/mol. The minimum Gasteiger partial charge on any atom is -0.481 e. The molecule has 0 saturated carbocycles. The van der Waals surface area contributed by atoms with Crippen LogP contribution in [0, 0.1) is 29.0 Å². The second kappa shape index (κ2) is 4.78. The van der Waals surface area contributed by atoms with Crippen LogP contribution in [-0.2, 0) is 11.2 Å². The summed E-state index contributed by atoms with van der Waals surface area (Å²) >= 11 is 0. The van der Waals surface area contributed by atoms with Gasteiger partial charge in [-0.2, -0.15) is 5.26 Å². The van der Waals surface area contributed by atoms with Crippen molar-refractivity contribution in [3.8, 4) is 17.9 Å². The molecule has 1 aromatic carbocycles. The molecule has 3 nitrogen and oxygen atoms in total. The van der Waals surface area contributed by atoms with Gasteiger partial charge in [0.2, 0.25) is 0 Å². The van der Waals surface area contributed by atoms with E-state index in [2.05, 4.69) is 11.8 Å². The molecule has 0 heterocycles. The van der Waals surface area contributed by atoms with E-state index in [0.29, 0.717) is 5.56 Å². The van der Waals surface area contributed by atoms with E-state index in [1.54, 1.807) is 6.07 Å². The molecule has 0 saturated heterocycles. The van der Waals surface area contributed by atoms with Gasteiger partial charge in [-0.3, -0.25) is 4.79 Å². The Bertz CT molecular complexity index is 492. The lowest BCUT2D eigenvalue weighted by molar-refractivity contribution is -0.136. The molecule has 74 valence electrons. The second-order valence-corrected chi connectivity index (χ2v) is 2.75. The molecule has 0 fully saturated rings. The maximum atomic E-state index is 13.1. The Morgan fingerprint density at radius 3 is 2.87 bits per heavy atom. The summed E-state index contributed by atoms with van der Waals surface area (Å²) in [6.45, 7) is 0. The molecule has 0 amide bonds. The van der Waals surface area contributed by atoms with Crippen LogP contribution in [0.2, 0.25) is 0 Å². The first-order chi connectivity index (χ1) is 7.13. The molecule has 0 aliphatic heterocycles. The molecule has 0 bridgehead atoms. The number of nitriles is 1. The van der Waals surface area contributed by atoms with E-state index < -0.39 is 11.8 Å². The van der Waals surface area contributed by atoms with Gasteiger partial charge in [-0.1, -0.05) is 6.07 Å². The molecule has 1 aromatic rings. The van der Waals surface area contributed by atoms with Gasteiger partial charge >= 0.3 is 5.97 Å². The summed E-state index contributed by atoms with van der Waals surface area (Å²) in [5, 5.41) is 16.7. The molecule has 0 unspecified atom stereocenters. The number of nitrogens with zero attached hydrogens (tertiary/aromatic N) is 1. The van der Waals surface area contributed by atoms with Gasteiger partial charge in [0.1, 0.15) is 5.82 Å². The molecule has 15 heavy (non-hydrogen) atoms. The van der Waals surface area contributed by atoms with Crippen molar-refractivity contribution in [1.29, 1.82) is 5.26 Å². The summed E-state index contributed by atoms with van der Waals surface area (Å²) in [5.74, 6) is 2.79. The Labute approximate surface area is 85.8 Å². The number of carboxylic acid groups (broad SMARTS) is 1. The average molecular weight is 203 g/mol. The third-order valence-electron chi connectivity index (χ3n) is 1.64. The van der Waals surface area contributed by atoms with Gasteiger partial charge in [-0.25, -0.2) is 4.39 Å². The van der Waals surface area contributed by atoms with Gasteiger partial charge in [0.15, 0.2) is 6.07 Å². The third kappa shape index (κ3) is 3.13. The third-order valence-corrected chi connectivity index (χ3v) is 1.64. The van der Waals surface area contributed by atoms with E-state index >= 15 is 0 Å². The van der Waals surface area contributed by atoms with Crippen molar-refractivity contribution < 1.29 is 14.3 Å². The van der Waals surface area contributed by atoms with Crippen LogP contribution in [0.5, 0.6) is 0 Å². The van der Waals surface area contributed by atoms with Crippen molar-refractivity contribution in [2.24, 2.45) is 0 Å². The predicted octanol–water partition coefficient (Wildman–Crippen LogP) is 1.33. The summed E-state index contributed by atoms with van der Waals surface area (Å²) < 4.78 is 13.1. The number of carbonyl (C=O) groups is 1. The Balaban J connectivity index is 3.06. The largest absolute Gasteiger partial charge is 0.481 e. The smallest absolute Gasteiger partial charge is 0.307 e. The highest BCUT2D eigenvalue weighted by Gasteiger charge is 2.04. The average Bonchev–Trinajstić information content (AvgIpc) is 2.18. The number of rotatable bonds is 2. The molecule has 0 aliphatic carbocycles. The first kappa shape index (κ1) is 10.7. The fraction of sp³-hybridized carbons (Fsp3) is 0.0909. The summed E-state index contributed by atoms with van der Waals surface area (Å²) in [5.41, 5.74) is 0.487. The highest BCUT2D eigenvalue weighted by Crippen LogP contribution is 2.10. The summed E-state index contributed by atoms with van der Waals surface area (Å²) in [6, 6.07) is 5.40. The van der Waals surface area contributed by atoms with Crippen molar-refractivity contribution in [3.63, 3.8) is 0 Å². The SMILES string of the molecule is N#CC#Cc1cc(CC(=O)O)ccc1F. The van der Waals surface area contributed by atoms with Gasteiger partial charge in [0.25, 0.3) is 0 Å². The maximum absolute atomic E-state index is 13.1. The standard InChI is InChI=1S/C11H6FNO2/c12-10-4-3-8(7-11(14)15)6-9(10)2-1-5-13/h3-4,6H,7H2,(H,14,15). The lowest BCUT2D eigenvalue weighted by Crippen LogP contribution is -2.00. The first-order valence-electron chi connectivity index (χ1n) is 4.04. The molecule has 0 aliphatic rings. The van der Waals surface area contributed by atoms with Crippen LogP contribution in [0.15, 0.2) is 18.2 Å². The van der Waals surface area contributed by atoms with Crippen molar-refractivity contribution in [2.75, 3.05) is 0 Å². The molecule has 0 atom stereocenters. The molecular formula is C11H6FNO2. The van der Waals surface area contributed by atoms with Crippen LogP contribution in [0.1, 0.15) is 11.1 Å². The highest BCUT2D eigenvalue weighted by molar-refractivity contribution is 5.70. The van der Waals surface area contributed by atoms with Crippen LogP contribution < -0.4 is 0 Å². The molecule has 0 radical (unpaired) electrons. The number of carboxylic acids is 1. The zero-order valence-electron chi connectivity index (χ0n) is 7.62. The Morgan fingerprint density at radius 1 is 1.53 bits per heavy atom. The van der Waals surface area contributed by atoms with Crippen molar-refractivity contribution in [1.82, 2.24) is 0 Å². The summed E-state index contributed by atoms with van der Waals surface area (Å²) in [6.07, 6.45) is -0.193. The van der Waals surface area contributed by atoms with E-state index in [1.165, 1.54) is 12.1 Å². The van der Waals surface area contributed by atoms with Gasteiger partial charge in [0.05, 0.1) is 12.0 Å². The zero-order chi connectivity index (χ0) is 11.3. The first-order valence-corrected chi connectivity index (χ1v) is 4.04. The Kier molecular flexibility index (Phi) is 3.43. The van der Waals surface area contributed by atoms with Crippen molar-refractivity contribution in [3.05, 3.63) is 35.1 Å². The van der Waals surface area contributed by atoms with E-state index in [1.807, 2.05) is 0 Å². The van der Waals surface area contributed by atoms with E-state index in [9.17, 15) is 9.18 Å². The second-order valence-electron chi connectivity index (χ2n) is 2.75. The van der Waals surface area contributed by atoms with E-state index in [4.69, 9.17) is 10.4 Å². The van der Waals surface area contributed by atoms with Crippen molar-refractivity contribution in [2.45, 2.75) is 6.42 Å². The molecular weight excluding hydrogens is 197 g/mol. The number of aliphatic carboxylic acids is 1. The Hall–Kier alpha value is -2.33. The van der Waals surface area contributed by atoms with Crippen LogP contribution in [0.25, 0.3) is 0 Å². The fourth-order valence-corrected chi connectivity index (χ4v) is 1.05. The monoisotopic (exact) mass is 203 g/mol. The highest BCUT2D eigenvalue weighted by atomic mass is 19.1. The van der Waals surface area contributed by atoms with Crippen LogP contribution in [-0.4, -0.2) is 11.1 Å². The quantitative estimate of drug-likeness (QED) is 0.737. The molecule has 0 spiro atoms. The lowest BCUT2D eigenvalue weighted by Gasteiger charge is -1.98. The molecule has 0 aromatic heterocycles. The number of hydrogen-bond donors (Lipinski definition) is 1. The summed E-state index contributed by atoms with van der Waals surface area (Å²) in [7, 11) is 0. The Morgan fingerprint density at radius 2 is 2.27 bits per heavy atom. The lowest BCUT2D eigenvalue weighted by atomic mass is 10.1. The van der Waals surface area contributed by atoms with Gasteiger partial charge < -0.3 is 5.11 Å². The minimum absolute atomic E-state index is 0.0373. The molecule has 4 heteroatoms. The zero-order valence-corrected chi connectivity index (χ0v) is 7.62. The van der Waals surface area contributed by atoms with Crippen LogP contribution >= 0.6 is 0 Å². The van der Waals surface area contributed by atoms with Gasteiger partial charge in [-0.15, -0.1) is 0 Å².